The van der Waals surface area contributed by atoms with Crippen LogP contribution < -0.4 is 15.4 Å². The van der Waals surface area contributed by atoms with E-state index in [-0.39, 0.29) is 6.61 Å². The number of nitrogens with two attached hydrogens (primary N) is 1. The summed E-state index contributed by atoms with van der Waals surface area (Å²) in [7, 11) is 1.68. The van der Waals surface area contributed by atoms with E-state index >= 15 is 0 Å². The van der Waals surface area contributed by atoms with Gasteiger partial charge in [0.2, 0.25) is 0 Å². The lowest BCUT2D eigenvalue weighted by molar-refractivity contribution is 0.283. The van der Waals surface area contributed by atoms with Gasteiger partial charge in [0.1, 0.15) is 5.75 Å². The zero-order valence-electron chi connectivity index (χ0n) is 11.8. The number of benzene rings is 1. The van der Waals surface area contributed by atoms with Crippen LogP contribution in [0.5, 0.6) is 5.75 Å². The smallest absolute Gasteiger partial charge is 0.119 e. The average Bonchev–Trinajstić information content (AvgIpc) is 2.47. The lowest BCUT2D eigenvalue weighted by Gasteiger charge is -2.25. The summed E-state index contributed by atoms with van der Waals surface area (Å²) in [5.74, 6) is 0.878. The number of methoxy groups -OCH3 is 1. The lowest BCUT2D eigenvalue weighted by Crippen LogP contribution is -2.27. The Morgan fingerprint density at radius 3 is 2.32 bits per heavy atom. The SMILES string of the molecule is COc1ccc(N(CCCN)CCCCCO)cc1. The summed E-state index contributed by atoms with van der Waals surface area (Å²) in [6.07, 6.45) is 4.03. The van der Waals surface area contributed by atoms with Gasteiger partial charge < -0.3 is 20.5 Å². The quantitative estimate of drug-likeness (QED) is 0.636. The molecular formula is C15H26N2O2. The first-order valence-corrected chi connectivity index (χ1v) is 7.01. The highest BCUT2D eigenvalue weighted by Gasteiger charge is 2.06. The fraction of sp³-hybridized carbons (Fsp3) is 0.600. The third kappa shape index (κ3) is 5.94. The molecule has 0 bridgehead atoms. The molecule has 19 heavy (non-hydrogen) atoms. The largest absolute Gasteiger partial charge is 0.497 e. The highest BCUT2D eigenvalue weighted by atomic mass is 16.5. The molecular weight excluding hydrogens is 240 g/mol. The number of aliphatic hydroxyl groups is 1. The second kappa shape index (κ2) is 9.64. The van der Waals surface area contributed by atoms with Crippen molar-refractivity contribution in [2.45, 2.75) is 25.7 Å². The molecule has 0 aromatic heterocycles. The van der Waals surface area contributed by atoms with Crippen LogP contribution in [0.15, 0.2) is 24.3 Å². The van der Waals surface area contributed by atoms with Gasteiger partial charge in [0, 0.05) is 25.4 Å². The van der Waals surface area contributed by atoms with Gasteiger partial charge in [0.05, 0.1) is 7.11 Å². The standard InChI is InChI=1S/C15H26N2O2/c1-19-15-8-6-14(7-9-15)17(12-5-10-16)11-3-2-4-13-18/h6-9,18H,2-5,10-13,16H2,1H3. The van der Waals surface area contributed by atoms with Crippen LogP contribution in [0.4, 0.5) is 5.69 Å². The van der Waals surface area contributed by atoms with Crippen molar-refractivity contribution in [2.24, 2.45) is 5.73 Å². The average molecular weight is 266 g/mol. The molecule has 0 aliphatic rings. The molecule has 0 amide bonds. The molecule has 0 fully saturated rings. The number of anilines is 1. The van der Waals surface area contributed by atoms with Crippen LogP contribution in [0.3, 0.4) is 0 Å². The molecule has 0 radical (unpaired) electrons. The van der Waals surface area contributed by atoms with Crippen molar-refractivity contribution in [1.29, 1.82) is 0 Å². The van der Waals surface area contributed by atoms with Gasteiger partial charge >= 0.3 is 0 Å². The van der Waals surface area contributed by atoms with Crippen LogP contribution in [-0.2, 0) is 0 Å². The van der Waals surface area contributed by atoms with Gasteiger partial charge in [-0.2, -0.15) is 0 Å². The topological polar surface area (TPSA) is 58.7 Å². The Bertz CT molecular complexity index is 327. The van der Waals surface area contributed by atoms with Crippen LogP contribution in [0.25, 0.3) is 0 Å². The van der Waals surface area contributed by atoms with Gasteiger partial charge in [-0.05, 0) is 56.5 Å². The zero-order chi connectivity index (χ0) is 13.9. The molecule has 0 atom stereocenters. The Hall–Kier alpha value is -1.26. The highest BCUT2D eigenvalue weighted by Crippen LogP contribution is 2.20. The fourth-order valence-electron chi connectivity index (χ4n) is 2.04. The maximum absolute atomic E-state index is 8.80. The number of hydrogen-bond acceptors (Lipinski definition) is 4. The second-order valence-corrected chi connectivity index (χ2v) is 4.61. The Morgan fingerprint density at radius 1 is 1.05 bits per heavy atom. The summed E-state index contributed by atoms with van der Waals surface area (Å²) in [6.45, 7) is 2.98. The molecule has 4 nitrogen and oxygen atoms in total. The van der Waals surface area contributed by atoms with Gasteiger partial charge in [0.15, 0.2) is 0 Å². The number of hydrogen-bond donors (Lipinski definition) is 2. The predicted octanol–water partition coefficient (Wildman–Crippen LogP) is 2.01. The van der Waals surface area contributed by atoms with Crippen molar-refractivity contribution in [3.63, 3.8) is 0 Å². The Labute approximate surface area is 116 Å². The second-order valence-electron chi connectivity index (χ2n) is 4.61. The van der Waals surface area contributed by atoms with Gasteiger partial charge in [-0.1, -0.05) is 0 Å². The highest BCUT2D eigenvalue weighted by molar-refractivity contribution is 5.49. The molecule has 4 heteroatoms. The van der Waals surface area contributed by atoms with Crippen molar-refractivity contribution >= 4 is 5.69 Å². The van der Waals surface area contributed by atoms with Gasteiger partial charge in [-0.25, -0.2) is 0 Å². The molecule has 0 unspecified atom stereocenters. The molecule has 0 saturated heterocycles. The molecule has 3 N–H and O–H groups in total. The third-order valence-electron chi connectivity index (χ3n) is 3.16. The van der Waals surface area contributed by atoms with Crippen LogP contribution in [-0.4, -0.2) is 38.5 Å². The van der Waals surface area contributed by atoms with Crippen LogP contribution in [0, 0.1) is 0 Å². The molecule has 1 aromatic carbocycles. The minimum atomic E-state index is 0.283. The molecule has 0 aliphatic heterocycles. The van der Waals surface area contributed by atoms with E-state index < -0.39 is 0 Å². The van der Waals surface area contributed by atoms with Crippen molar-refractivity contribution in [3.8, 4) is 5.75 Å². The molecule has 1 rings (SSSR count). The van der Waals surface area contributed by atoms with Crippen LogP contribution in [0.1, 0.15) is 25.7 Å². The van der Waals surface area contributed by atoms with E-state index in [2.05, 4.69) is 17.0 Å². The maximum Gasteiger partial charge on any atom is 0.119 e. The number of ether oxygens (including phenoxy) is 1. The summed E-state index contributed by atoms with van der Waals surface area (Å²) in [6, 6.07) is 8.14. The molecule has 1 aromatic rings. The van der Waals surface area contributed by atoms with Crippen molar-refractivity contribution < 1.29 is 9.84 Å². The Morgan fingerprint density at radius 2 is 1.74 bits per heavy atom. The number of rotatable bonds is 10. The van der Waals surface area contributed by atoms with Gasteiger partial charge in [-0.3, -0.25) is 0 Å². The summed E-state index contributed by atoms with van der Waals surface area (Å²) in [5, 5.41) is 8.80. The molecule has 0 saturated carbocycles. The van der Waals surface area contributed by atoms with Crippen molar-refractivity contribution in [2.75, 3.05) is 38.3 Å². The maximum atomic E-state index is 8.80. The summed E-state index contributed by atoms with van der Waals surface area (Å²) >= 11 is 0. The zero-order valence-corrected chi connectivity index (χ0v) is 11.8. The normalized spacial score (nSPS) is 10.5. The molecule has 0 heterocycles. The fourth-order valence-corrected chi connectivity index (χ4v) is 2.04. The van der Waals surface area contributed by atoms with E-state index in [1.165, 1.54) is 5.69 Å². The molecule has 0 aliphatic carbocycles. The van der Waals surface area contributed by atoms with E-state index in [0.29, 0.717) is 6.54 Å². The minimum Gasteiger partial charge on any atom is -0.497 e. The van der Waals surface area contributed by atoms with Crippen molar-refractivity contribution in [1.82, 2.24) is 0 Å². The monoisotopic (exact) mass is 266 g/mol. The number of nitrogens with zero attached hydrogens (tertiary/aromatic N) is 1. The van der Waals surface area contributed by atoms with E-state index in [1.807, 2.05) is 12.1 Å². The lowest BCUT2D eigenvalue weighted by atomic mass is 10.2. The first kappa shape index (κ1) is 15.8. The number of aliphatic hydroxyl groups excluding tert-OH is 1. The number of unbranched alkanes of at least 4 members (excludes halogenated alkanes) is 2. The third-order valence-corrected chi connectivity index (χ3v) is 3.16. The van der Waals surface area contributed by atoms with E-state index in [0.717, 1.165) is 44.5 Å². The Balaban J connectivity index is 2.55. The van der Waals surface area contributed by atoms with E-state index in [9.17, 15) is 0 Å². The van der Waals surface area contributed by atoms with Gasteiger partial charge in [0.25, 0.3) is 0 Å². The van der Waals surface area contributed by atoms with E-state index in [4.69, 9.17) is 15.6 Å². The first-order chi connectivity index (χ1) is 9.31. The Kier molecular flexibility index (Phi) is 8.02. The van der Waals surface area contributed by atoms with E-state index in [1.54, 1.807) is 7.11 Å². The summed E-state index contributed by atoms with van der Waals surface area (Å²) in [4.78, 5) is 2.35. The molecule has 0 spiro atoms. The molecule has 108 valence electrons. The first-order valence-electron chi connectivity index (χ1n) is 7.01. The van der Waals surface area contributed by atoms with Gasteiger partial charge in [-0.15, -0.1) is 0 Å². The van der Waals surface area contributed by atoms with Crippen LogP contribution in [0.2, 0.25) is 0 Å². The minimum absolute atomic E-state index is 0.283. The summed E-state index contributed by atoms with van der Waals surface area (Å²) in [5.41, 5.74) is 6.80. The van der Waals surface area contributed by atoms with Crippen LogP contribution >= 0.6 is 0 Å². The van der Waals surface area contributed by atoms with Crippen molar-refractivity contribution in [3.05, 3.63) is 24.3 Å². The summed E-state index contributed by atoms with van der Waals surface area (Å²) < 4.78 is 5.18. The predicted molar refractivity (Wildman–Crippen MR) is 79.8 cm³/mol.